The van der Waals surface area contributed by atoms with Crippen LogP contribution in [-0.2, 0) is 0 Å². The molecule has 0 spiro atoms. The van der Waals surface area contributed by atoms with E-state index in [0.717, 1.165) is 0 Å². The third-order valence-corrected chi connectivity index (χ3v) is 0.167. The monoisotopic (exact) mass is 248 g/mol. The van der Waals surface area contributed by atoms with Gasteiger partial charge in [-0.2, -0.15) is 0 Å². The molecule has 0 aromatic heterocycles. The maximum absolute atomic E-state index is 3.36. The number of hydrogen-bond acceptors (Lipinski definition) is 0. The average molecular weight is 248 g/mol. The fourth-order valence-electron chi connectivity index (χ4n) is 0. The van der Waals surface area contributed by atoms with Crippen LogP contribution in [0.3, 0.4) is 0 Å². The van der Waals surface area contributed by atoms with Crippen molar-refractivity contribution in [3.8, 4) is 0 Å². The van der Waals surface area contributed by atoms with Crippen LogP contribution < -0.4 is 0 Å². The fraction of sp³-hybridized carbons (Fsp3) is 0. The van der Waals surface area contributed by atoms with E-state index in [1.165, 1.54) is 0 Å². The van der Waals surface area contributed by atoms with E-state index in [9.17, 15) is 0 Å². The summed E-state index contributed by atoms with van der Waals surface area (Å²) < 4.78 is 0. The van der Waals surface area contributed by atoms with Crippen LogP contribution in [0.5, 0.6) is 0 Å². The molecule has 2 radical (unpaired) electrons. The summed E-state index contributed by atoms with van der Waals surface area (Å²) >= 11 is 0. The van der Waals surface area contributed by atoms with Crippen LogP contribution in [0, 0.1) is 0 Å². The SMILES string of the molecule is C=CC=C.Cl.Cl.[SnH2]. The van der Waals surface area contributed by atoms with Gasteiger partial charge in [-0.15, -0.1) is 24.8 Å². The molecule has 44 valence electrons. The van der Waals surface area contributed by atoms with Gasteiger partial charge in [0.25, 0.3) is 0 Å². The first-order chi connectivity index (χ1) is 1.91. The number of halogens is 2. The Morgan fingerprint density at radius 2 is 1.00 bits per heavy atom. The van der Waals surface area contributed by atoms with Crippen LogP contribution in [0.2, 0.25) is 0 Å². The van der Waals surface area contributed by atoms with Gasteiger partial charge in [0.2, 0.25) is 0 Å². The van der Waals surface area contributed by atoms with E-state index in [0.29, 0.717) is 0 Å². The Morgan fingerprint density at radius 1 is 0.857 bits per heavy atom. The molecule has 0 saturated carbocycles. The molecule has 7 heavy (non-hydrogen) atoms. The molecule has 0 amide bonds. The molecule has 0 aliphatic carbocycles. The van der Waals surface area contributed by atoms with E-state index >= 15 is 0 Å². The summed E-state index contributed by atoms with van der Waals surface area (Å²) in [5.41, 5.74) is 0. The summed E-state index contributed by atoms with van der Waals surface area (Å²) in [5.74, 6) is 0. The molecule has 0 aliphatic heterocycles. The molecular formula is C4H10Cl2Sn. The predicted octanol–water partition coefficient (Wildman–Crippen LogP) is 1.29. The number of rotatable bonds is 1. The molecule has 0 aliphatic rings. The Labute approximate surface area is 73.8 Å². The van der Waals surface area contributed by atoms with Crippen LogP contribution in [-0.4, -0.2) is 23.9 Å². The van der Waals surface area contributed by atoms with Crippen LogP contribution >= 0.6 is 24.8 Å². The second kappa shape index (κ2) is 28.8. The third kappa shape index (κ3) is 46.9. The molecule has 0 nitrogen and oxygen atoms in total. The van der Waals surface area contributed by atoms with Gasteiger partial charge >= 0.3 is 23.9 Å². The van der Waals surface area contributed by atoms with Crippen molar-refractivity contribution in [1.29, 1.82) is 0 Å². The zero-order valence-electron chi connectivity index (χ0n) is 4.09. The summed E-state index contributed by atoms with van der Waals surface area (Å²) in [6.45, 7) is 6.72. The first-order valence-electron chi connectivity index (χ1n) is 1.15. The van der Waals surface area contributed by atoms with Gasteiger partial charge in [-0.1, -0.05) is 25.3 Å². The van der Waals surface area contributed by atoms with Crippen molar-refractivity contribution in [3.63, 3.8) is 0 Å². The molecule has 0 fully saturated rings. The fourth-order valence-corrected chi connectivity index (χ4v) is 0. The van der Waals surface area contributed by atoms with Crippen LogP contribution in [0.1, 0.15) is 0 Å². The summed E-state index contributed by atoms with van der Waals surface area (Å²) in [5, 5.41) is 0. The quantitative estimate of drug-likeness (QED) is 0.484. The second-order valence-electron chi connectivity index (χ2n) is 0.471. The first-order valence-corrected chi connectivity index (χ1v) is 1.15. The Kier molecular flexibility index (Phi) is 102. The predicted molar refractivity (Wildman–Crippen MR) is 43.4 cm³/mol. The zero-order valence-corrected chi connectivity index (χ0v) is 9.76. The average Bonchev–Trinajstić information content (AvgIpc) is 1.37. The van der Waals surface area contributed by atoms with E-state index < -0.39 is 0 Å². The van der Waals surface area contributed by atoms with Gasteiger partial charge in [-0.3, -0.25) is 0 Å². The van der Waals surface area contributed by atoms with Crippen molar-refractivity contribution in [2.24, 2.45) is 0 Å². The molecule has 0 rings (SSSR count). The van der Waals surface area contributed by atoms with Gasteiger partial charge in [-0.05, 0) is 0 Å². The third-order valence-electron chi connectivity index (χ3n) is 0.167. The van der Waals surface area contributed by atoms with Crippen molar-refractivity contribution in [2.75, 3.05) is 0 Å². The van der Waals surface area contributed by atoms with Crippen LogP contribution in [0.4, 0.5) is 0 Å². The van der Waals surface area contributed by atoms with Crippen molar-refractivity contribution in [1.82, 2.24) is 0 Å². The maximum atomic E-state index is 3.36. The summed E-state index contributed by atoms with van der Waals surface area (Å²) in [7, 11) is 0. The Bertz CT molecular complexity index is 30.7. The van der Waals surface area contributed by atoms with Crippen molar-refractivity contribution < 1.29 is 0 Å². The van der Waals surface area contributed by atoms with E-state index in [1.54, 1.807) is 12.2 Å². The van der Waals surface area contributed by atoms with Gasteiger partial charge in [0.15, 0.2) is 0 Å². The minimum atomic E-state index is 0. The zero-order chi connectivity index (χ0) is 3.41. The molecule has 0 atom stereocenters. The van der Waals surface area contributed by atoms with Gasteiger partial charge in [0.1, 0.15) is 0 Å². The van der Waals surface area contributed by atoms with Gasteiger partial charge < -0.3 is 0 Å². The normalized spacial score (nSPS) is 2.86. The Hall–Kier alpha value is 0.859. The molecule has 0 heterocycles. The van der Waals surface area contributed by atoms with E-state index in [4.69, 9.17) is 0 Å². The molecule has 0 unspecified atom stereocenters. The van der Waals surface area contributed by atoms with E-state index in [-0.39, 0.29) is 48.7 Å². The minimum absolute atomic E-state index is 0. The van der Waals surface area contributed by atoms with Crippen LogP contribution in [0.15, 0.2) is 25.3 Å². The standard InChI is InChI=1S/C4H6.2ClH.Sn.2H/c1-3-4-2;;;;;/h3-4H,1-2H2;2*1H;;;. The molecule has 0 aromatic carbocycles. The summed E-state index contributed by atoms with van der Waals surface area (Å²) in [6, 6.07) is 0. The van der Waals surface area contributed by atoms with Crippen molar-refractivity contribution in [3.05, 3.63) is 25.3 Å². The van der Waals surface area contributed by atoms with E-state index in [1.807, 2.05) is 0 Å². The van der Waals surface area contributed by atoms with Crippen molar-refractivity contribution >= 4 is 48.7 Å². The summed E-state index contributed by atoms with van der Waals surface area (Å²) in [6.07, 6.45) is 3.28. The molecular weight excluding hydrogens is 238 g/mol. The molecule has 0 saturated heterocycles. The van der Waals surface area contributed by atoms with Crippen LogP contribution in [0.25, 0.3) is 0 Å². The topological polar surface area (TPSA) is 0 Å². The Morgan fingerprint density at radius 3 is 1.00 bits per heavy atom. The van der Waals surface area contributed by atoms with Gasteiger partial charge in [-0.25, -0.2) is 0 Å². The van der Waals surface area contributed by atoms with Gasteiger partial charge in [0.05, 0.1) is 0 Å². The first kappa shape index (κ1) is 24.8. The van der Waals surface area contributed by atoms with Gasteiger partial charge in [0, 0.05) is 0 Å². The molecule has 0 bridgehead atoms. The molecule has 0 aromatic rings. The molecule has 3 heteroatoms. The number of allylic oxidation sites excluding steroid dienone is 2. The number of hydrogen-bond donors (Lipinski definition) is 0. The molecule has 0 N–H and O–H groups in total. The second-order valence-corrected chi connectivity index (χ2v) is 0.471. The van der Waals surface area contributed by atoms with E-state index in [2.05, 4.69) is 13.2 Å². The Balaban J connectivity index is -0.0000000150. The summed E-state index contributed by atoms with van der Waals surface area (Å²) in [4.78, 5) is 0. The van der Waals surface area contributed by atoms with Crippen molar-refractivity contribution in [2.45, 2.75) is 0 Å².